The number of sulfonamides is 1. The van der Waals surface area contributed by atoms with Crippen molar-refractivity contribution in [2.24, 2.45) is 5.73 Å². The molecule has 106 valence electrons. The lowest BCUT2D eigenvalue weighted by molar-refractivity contribution is 0.601. The average molecular weight is 309 g/mol. The zero-order chi connectivity index (χ0) is 14.2. The fourth-order valence-electron chi connectivity index (χ4n) is 1.91. The summed E-state index contributed by atoms with van der Waals surface area (Å²) in [4.78, 5) is 4.54. The molecule has 0 spiro atoms. The highest BCUT2D eigenvalue weighted by atomic mass is 32.2. The summed E-state index contributed by atoms with van der Waals surface area (Å²) in [6, 6.07) is 6.62. The van der Waals surface area contributed by atoms with Crippen LogP contribution in [0.15, 0.2) is 34.5 Å². The zero-order valence-electron chi connectivity index (χ0n) is 10.7. The van der Waals surface area contributed by atoms with Crippen molar-refractivity contribution in [2.75, 3.05) is 4.72 Å². The van der Waals surface area contributed by atoms with Crippen molar-refractivity contribution in [3.05, 3.63) is 40.9 Å². The van der Waals surface area contributed by atoms with Crippen LogP contribution in [0.2, 0.25) is 0 Å². The standard InChI is InChI=1S/C13H15N3O2S2/c14-7-9-2-1-3-11(6-9)20(17,18)16-13-15-12(8-19-13)10-4-5-10/h1-3,6,8,10H,4-5,7,14H2,(H,15,16). The van der Waals surface area contributed by atoms with Crippen LogP contribution in [0.1, 0.15) is 30.0 Å². The Balaban J connectivity index is 1.83. The first-order valence-corrected chi connectivity index (χ1v) is 8.72. The predicted molar refractivity (Wildman–Crippen MR) is 79.2 cm³/mol. The summed E-state index contributed by atoms with van der Waals surface area (Å²) in [6.45, 7) is 0.312. The van der Waals surface area contributed by atoms with E-state index in [1.54, 1.807) is 24.3 Å². The van der Waals surface area contributed by atoms with Crippen molar-refractivity contribution in [2.45, 2.75) is 30.2 Å². The Bertz CT molecular complexity index is 721. The van der Waals surface area contributed by atoms with Crippen molar-refractivity contribution in [1.29, 1.82) is 0 Å². The second kappa shape index (κ2) is 5.16. The lowest BCUT2D eigenvalue weighted by atomic mass is 10.2. The molecule has 1 fully saturated rings. The number of nitrogens with two attached hydrogens (primary N) is 1. The first-order chi connectivity index (χ1) is 9.58. The molecule has 1 saturated carbocycles. The number of hydrogen-bond acceptors (Lipinski definition) is 5. The monoisotopic (exact) mass is 309 g/mol. The van der Waals surface area contributed by atoms with Gasteiger partial charge in [-0.3, -0.25) is 4.72 Å². The summed E-state index contributed by atoms with van der Waals surface area (Å²) in [5.74, 6) is 0.519. The number of nitrogens with one attached hydrogen (secondary N) is 1. The fraction of sp³-hybridized carbons (Fsp3) is 0.308. The number of benzene rings is 1. The van der Waals surface area contributed by atoms with E-state index in [0.29, 0.717) is 17.6 Å². The van der Waals surface area contributed by atoms with Gasteiger partial charge in [0.25, 0.3) is 10.0 Å². The molecule has 5 nitrogen and oxygen atoms in total. The molecular formula is C13H15N3O2S2. The number of aromatic nitrogens is 1. The van der Waals surface area contributed by atoms with Gasteiger partial charge in [0.1, 0.15) is 0 Å². The molecule has 7 heteroatoms. The highest BCUT2D eigenvalue weighted by molar-refractivity contribution is 7.93. The van der Waals surface area contributed by atoms with Gasteiger partial charge in [0, 0.05) is 17.8 Å². The van der Waals surface area contributed by atoms with Gasteiger partial charge in [-0.25, -0.2) is 13.4 Å². The largest absolute Gasteiger partial charge is 0.326 e. The molecule has 20 heavy (non-hydrogen) atoms. The summed E-state index contributed by atoms with van der Waals surface area (Å²) < 4.78 is 27.1. The van der Waals surface area contributed by atoms with E-state index in [4.69, 9.17) is 5.73 Å². The van der Waals surface area contributed by atoms with Gasteiger partial charge in [-0.1, -0.05) is 12.1 Å². The third-order valence-electron chi connectivity index (χ3n) is 3.18. The van der Waals surface area contributed by atoms with E-state index in [-0.39, 0.29) is 4.90 Å². The molecule has 1 heterocycles. The van der Waals surface area contributed by atoms with E-state index in [2.05, 4.69) is 9.71 Å². The smallest absolute Gasteiger partial charge is 0.263 e. The molecule has 2 aromatic rings. The number of nitrogens with zero attached hydrogens (tertiary/aromatic N) is 1. The van der Waals surface area contributed by atoms with Crippen LogP contribution in [-0.2, 0) is 16.6 Å². The molecule has 1 aliphatic carbocycles. The van der Waals surface area contributed by atoms with Gasteiger partial charge >= 0.3 is 0 Å². The third kappa shape index (κ3) is 2.84. The Hall–Kier alpha value is -1.44. The molecular weight excluding hydrogens is 294 g/mol. The molecule has 0 bridgehead atoms. The van der Waals surface area contributed by atoms with Crippen molar-refractivity contribution >= 4 is 26.5 Å². The van der Waals surface area contributed by atoms with E-state index in [1.165, 1.54) is 11.3 Å². The van der Waals surface area contributed by atoms with Crippen LogP contribution >= 0.6 is 11.3 Å². The fourth-order valence-corrected chi connectivity index (χ4v) is 4.03. The second-order valence-electron chi connectivity index (χ2n) is 4.81. The summed E-state index contributed by atoms with van der Waals surface area (Å²) in [7, 11) is -3.60. The Morgan fingerprint density at radius 2 is 2.20 bits per heavy atom. The van der Waals surface area contributed by atoms with E-state index < -0.39 is 10.0 Å². The Kier molecular flexibility index (Phi) is 3.49. The van der Waals surface area contributed by atoms with Crippen LogP contribution in [-0.4, -0.2) is 13.4 Å². The van der Waals surface area contributed by atoms with Crippen LogP contribution in [0.4, 0.5) is 5.13 Å². The topological polar surface area (TPSA) is 85.1 Å². The number of rotatable bonds is 5. The molecule has 0 amide bonds. The molecule has 0 radical (unpaired) electrons. The summed E-state index contributed by atoms with van der Waals surface area (Å²) in [5.41, 5.74) is 7.30. The maximum absolute atomic E-state index is 12.3. The molecule has 3 N–H and O–H groups in total. The molecule has 0 unspecified atom stereocenters. The minimum Gasteiger partial charge on any atom is -0.326 e. The lowest BCUT2D eigenvalue weighted by Crippen LogP contribution is -2.13. The van der Waals surface area contributed by atoms with Crippen molar-refractivity contribution < 1.29 is 8.42 Å². The SMILES string of the molecule is NCc1cccc(S(=O)(=O)Nc2nc(C3CC3)cs2)c1. The maximum atomic E-state index is 12.3. The molecule has 0 saturated heterocycles. The summed E-state index contributed by atoms with van der Waals surface area (Å²) in [6.07, 6.45) is 2.29. The highest BCUT2D eigenvalue weighted by Gasteiger charge is 2.26. The second-order valence-corrected chi connectivity index (χ2v) is 7.35. The van der Waals surface area contributed by atoms with E-state index in [1.807, 2.05) is 5.38 Å². The number of hydrogen-bond donors (Lipinski definition) is 2. The Labute approximate surface area is 121 Å². The first kappa shape index (κ1) is 13.5. The Morgan fingerprint density at radius 1 is 1.40 bits per heavy atom. The maximum Gasteiger partial charge on any atom is 0.263 e. The normalized spacial score (nSPS) is 15.2. The Morgan fingerprint density at radius 3 is 2.90 bits per heavy atom. The van der Waals surface area contributed by atoms with Crippen molar-refractivity contribution in [3.63, 3.8) is 0 Å². The van der Waals surface area contributed by atoms with Gasteiger partial charge in [0.15, 0.2) is 5.13 Å². The van der Waals surface area contributed by atoms with E-state index in [0.717, 1.165) is 24.1 Å². The first-order valence-electron chi connectivity index (χ1n) is 6.36. The van der Waals surface area contributed by atoms with Crippen LogP contribution in [0.3, 0.4) is 0 Å². The third-order valence-corrected chi connectivity index (χ3v) is 5.43. The molecule has 1 aromatic carbocycles. The van der Waals surface area contributed by atoms with Crippen molar-refractivity contribution in [1.82, 2.24) is 4.98 Å². The van der Waals surface area contributed by atoms with Crippen molar-refractivity contribution in [3.8, 4) is 0 Å². The van der Waals surface area contributed by atoms with Crippen LogP contribution < -0.4 is 10.5 Å². The van der Waals surface area contributed by atoms with Gasteiger partial charge in [0.05, 0.1) is 10.6 Å². The molecule has 1 aliphatic rings. The summed E-state index contributed by atoms with van der Waals surface area (Å²) >= 11 is 1.32. The number of anilines is 1. The minimum absolute atomic E-state index is 0.212. The van der Waals surface area contributed by atoms with E-state index >= 15 is 0 Å². The molecule has 0 atom stereocenters. The minimum atomic E-state index is -3.60. The van der Waals surface area contributed by atoms with Crippen LogP contribution in [0, 0.1) is 0 Å². The predicted octanol–water partition coefficient (Wildman–Crippen LogP) is 2.28. The highest BCUT2D eigenvalue weighted by Crippen LogP contribution is 2.41. The van der Waals surface area contributed by atoms with Gasteiger partial charge in [-0.2, -0.15) is 0 Å². The quantitative estimate of drug-likeness (QED) is 0.887. The van der Waals surface area contributed by atoms with Gasteiger partial charge in [-0.15, -0.1) is 11.3 Å². The average Bonchev–Trinajstić information content (AvgIpc) is 3.20. The summed E-state index contributed by atoms with van der Waals surface area (Å²) in [5, 5.41) is 2.34. The number of thiazole rings is 1. The van der Waals surface area contributed by atoms with Gasteiger partial charge < -0.3 is 5.73 Å². The van der Waals surface area contributed by atoms with Gasteiger partial charge in [-0.05, 0) is 30.5 Å². The molecule has 0 aliphatic heterocycles. The molecule has 1 aromatic heterocycles. The zero-order valence-corrected chi connectivity index (χ0v) is 12.4. The van der Waals surface area contributed by atoms with E-state index in [9.17, 15) is 8.42 Å². The van der Waals surface area contributed by atoms with Gasteiger partial charge in [0.2, 0.25) is 0 Å². The van der Waals surface area contributed by atoms with Crippen LogP contribution in [0.25, 0.3) is 0 Å². The molecule has 3 rings (SSSR count). The lowest BCUT2D eigenvalue weighted by Gasteiger charge is -2.06. The van der Waals surface area contributed by atoms with Crippen LogP contribution in [0.5, 0.6) is 0 Å².